The molecule has 7 heteroatoms. The molecule has 134 valence electrons. The molecule has 0 radical (unpaired) electrons. The van der Waals surface area contributed by atoms with E-state index in [1.54, 1.807) is 0 Å². The van der Waals surface area contributed by atoms with Gasteiger partial charge >= 0.3 is 0 Å². The van der Waals surface area contributed by atoms with Crippen molar-refractivity contribution < 1.29 is 4.79 Å². The summed E-state index contributed by atoms with van der Waals surface area (Å²) in [6.45, 7) is 3.28. The molecule has 1 aromatic heterocycles. The third-order valence-electron chi connectivity index (χ3n) is 3.85. The minimum absolute atomic E-state index is 0.0806. The van der Waals surface area contributed by atoms with Gasteiger partial charge in [0, 0.05) is 12.1 Å². The fraction of sp³-hybridized carbons (Fsp3) is 0.211. The molecule has 0 saturated heterocycles. The Balaban J connectivity index is 1.64. The molecule has 0 fully saturated rings. The first-order valence-corrected chi connectivity index (χ1v) is 9.67. The van der Waals surface area contributed by atoms with E-state index in [4.69, 9.17) is 11.6 Å². The van der Waals surface area contributed by atoms with Crippen LogP contribution in [0.4, 0.5) is 5.69 Å². The summed E-state index contributed by atoms with van der Waals surface area (Å²) in [7, 11) is 0. The Hall–Kier alpha value is -2.31. The van der Waals surface area contributed by atoms with Crippen molar-refractivity contribution in [1.29, 1.82) is 0 Å². The summed E-state index contributed by atoms with van der Waals surface area (Å²) in [6, 6.07) is 16.9. The number of carbonyl (C=O) groups is 1. The van der Waals surface area contributed by atoms with E-state index in [2.05, 4.69) is 15.5 Å². The topological polar surface area (TPSA) is 59.8 Å². The van der Waals surface area contributed by atoms with E-state index in [0.29, 0.717) is 22.9 Å². The molecule has 2 aromatic carbocycles. The van der Waals surface area contributed by atoms with Crippen LogP contribution in [-0.4, -0.2) is 26.3 Å². The lowest BCUT2D eigenvalue weighted by Gasteiger charge is -2.10. The van der Waals surface area contributed by atoms with Crippen LogP contribution in [0.5, 0.6) is 0 Å². The van der Waals surface area contributed by atoms with Gasteiger partial charge in [0.2, 0.25) is 0 Å². The maximum atomic E-state index is 12.3. The summed E-state index contributed by atoms with van der Waals surface area (Å²) in [6.07, 6.45) is 0. The number of carbonyl (C=O) groups excluding carboxylic acids is 1. The van der Waals surface area contributed by atoms with Crippen molar-refractivity contribution in [3.05, 3.63) is 71.0 Å². The molecular weight excluding hydrogens is 368 g/mol. The number of nitrogens with one attached hydrogen (secondary N) is 1. The van der Waals surface area contributed by atoms with Crippen LogP contribution in [0.1, 0.15) is 23.1 Å². The van der Waals surface area contributed by atoms with Gasteiger partial charge < -0.3 is 9.88 Å². The van der Waals surface area contributed by atoms with Gasteiger partial charge in [0.15, 0.2) is 16.8 Å². The molecule has 0 aliphatic carbocycles. The summed E-state index contributed by atoms with van der Waals surface area (Å²) >= 11 is 7.57. The number of thioether (sulfide) groups is 1. The smallest absolute Gasteiger partial charge is 0.191 e. The highest BCUT2D eigenvalue weighted by Crippen LogP contribution is 2.22. The Bertz CT molecular complexity index is 882. The predicted molar refractivity (Wildman–Crippen MR) is 106 cm³/mol. The lowest BCUT2D eigenvalue weighted by atomic mass is 10.2. The van der Waals surface area contributed by atoms with E-state index in [1.165, 1.54) is 11.8 Å². The number of Topliss-reactive ketones (excluding diaryl/α,β-unsaturated/α-hetero) is 1. The van der Waals surface area contributed by atoms with E-state index >= 15 is 0 Å². The highest BCUT2D eigenvalue weighted by atomic mass is 35.5. The van der Waals surface area contributed by atoms with Crippen LogP contribution in [0.25, 0.3) is 0 Å². The Morgan fingerprint density at radius 1 is 1.12 bits per heavy atom. The summed E-state index contributed by atoms with van der Waals surface area (Å²) < 4.78 is 2.01. The van der Waals surface area contributed by atoms with Crippen LogP contribution in [-0.2, 0) is 13.1 Å². The van der Waals surface area contributed by atoms with Crippen LogP contribution in [0, 0.1) is 0 Å². The second-order valence-electron chi connectivity index (χ2n) is 5.55. The highest BCUT2D eigenvalue weighted by molar-refractivity contribution is 7.99. The molecule has 0 amide bonds. The number of aromatic nitrogens is 3. The quantitative estimate of drug-likeness (QED) is 0.455. The highest BCUT2D eigenvalue weighted by Gasteiger charge is 2.14. The lowest BCUT2D eigenvalue weighted by molar-refractivity contribution is 0.102. The number of hydrogen-bond acceptors (Lipinski definition) is 5. The molecule has 3 aromatic rings. The monoisotopic (exact) mass is 386 g/mol. The molecule has 0 atom stereocenters. The van der Waals surface area contributed by atoms with Crippen molar-refractivity contribution in [2.24, 2.45) is 0 Å². The number of benzene rings is 2. The van der Waals surface area contributed by atoms with Gasteiger partial charge in [-0.05, 0) is 19.1 Å². The standard InChI is InChI=1S/C19H19ClN4OS/c1-2-24-18(12-21-16-11-7-6-10-15(16)20)22-23-19(24)26-13-17(25)14-8-4-3-5-9-14/h3-11,21H,2,12-13H2,1H3. The van der Waals surface area contributed by atoms with Crippen molar-refractivity contribution in [1.82, 2.24) is 14.8 Å². The Morgan fingerprint density at radius 2 is 1.85 bits per heavy atom. The molecule has 3 rings (SSSR count). The maximum Gasteiger partial charge on any atom is 0.191 e. The van der Waals surface area contributed by atoms with E-state index in [-0.39, 0.29) is 5.78 Å². The first-order chi connectivity index (χ1) is 12.7. The molecule has 0 saturated carbocycles. The van der Waals surface area contributed by atoms with Gasteiger partial charge in [-0.1, -0.05) is 65.8 Å². The van der Waals surface area contributed by atoms with Crippen LogP contribution in [0.15, 0.2) is 59.8 Å². The predicted octanol–water partition coefficient (Wildman–Crippen LogP) is 4.54. The van der Waals surface area contributed by atoms with E-state index in [9.17, 15) is 4.79 Å². The van der Waals surface area contributed by atoms with Crippen molar-refractivity contribution in [2.75, 3.05) is 11.1 Å². The molecule has 0 aliphatic rings. The second-order valence-corrected chi connectivity index (χ2v) is 6.90. The first-order valence-electron chi connectivity index (χ1n) is 8.30. The fourth-order valence-electron chi connectivity index (χ4n) is 2.49. The number of para-hydroxylation sites is 1. The van der Waals surface area contributed by atoms with Gasteiger partial charge in [0.1, 0.15) is 0 Å². The van der Waals surface area contributed by atoms with Crippen LogP contribution >= 0.6 is 23.4 Å². The molecule has 1 N–H and O–H groups in total. The molecular formula is C19H19ClN4OS. The minimum Gasteiger partial charge on any atom is -0.377 e. The van der Waals surface area contributed by atoms with Gasteiger partial charge in [0.25, 0.3) is 0 Å². The second kappa shape index (κ2) is 8.87. The minimum atomic E-state index is 0.0806. The SMILES string of the molecule is CCn1c(CNc2ccccc2Cl)nnc1SCC(=O)c1ccccc1. The van der Waals surface area contributed by atoms with Gasteiger partial charge in [-0.25, -0.2) is 0 Å². The Kier molecular flexibility index (Phi) is 6.30. The number of ketones is 1. The van der Waals surface area contributed by atoms with Crippen molar-refractivity contribution in [2.45, 2.75) is 25.2 Å². The summed E-state index contributed by atoms with van der Waals surface area (Å²) in [5.41, 5.74) is 1.57. The van der Waals surface area contributed by atoms with Gasteiger partial charge in [-0.15, -0.1) is 10.2 Å². The molecule has 26 heavy (non-hydrogen) atoms. The van der Waals surface area contributed by atoms with E-state index < -0.39 is 0 Å². The van der Waals surface area contributed by atoms with Gasteiger partial charge in [-0.2, -0.15) is 0 Å². The molecule has 0 bridgehead atoms. The first kappa shape index (κ1) is 18.5. The molecule has 5 nitrogen and oxygen atoms in total. The van der Waals surface area contributed by atoms with Crippen LogP contribution < -0.4 is 5.32 Å². The van der Waals surface area contributed by atoms with Gasteiger partial charge in [-0.3, -0.25) is 4.79 Å². The lowest BCUT2D eigenvalue weighted by Crippen LogP contribution is -2.10. The number of nitrogens with zero attached hydrogens (tertiary/aromatic N) is 3. The fourth-order valence-corrected chi connectivity index (χ4v) is 3.61. The number of rotatable bonds is 8. The maximum absolute atomic E-state index is 12.3. The van der Waals surface area contributed by atoms with E-state index in [0.717, 1.165) is 23.2 Å². The summed E-state index contributed by atoms with van der Waals surface area (Å²) in [5, 5.41) is 13.2. The number of halogens is 1. The Morgan fingerprint density at radius 3 is 2.58 bits per heavy atom. The molecule has 0 unspecified atom stereocenters. The van der Waals surface area contributed by atoms with Crippen LogP contribution in [0.3, 0.4) is 0 Å². The third kappa shape index (κ3) is 4.45. The molecule has 0 spiro atoms. The molecule has 0 aliphatic heterocycles. The van der Waals surface area contributed by atoms with E-state index in [1.807, 2.05) is 66.1 Å². The van der Waals surface area contributed by atoms with Crippen molar-refractivity contribution >= 4 is 34.8 Å². The Labute approximate surface area is 161 Å². The van der Waals surface area contributed by atoms with Crippen molar-refractivity contribution in [3.8, 4) is 0 Å². The summed E-state index contributed by atoms with van der Waals surface area (Å²) in [4.78, 5) is 12.3. The molecule has 1 heterocycles. The average molecular weight is 387 g/mol. The zero-order valence-electron chi connectivity index (χ0n) is 14.4. The number of anilines is 1. The zero-order valence-corrected chi connectivity index (χ0v) is 15.9. The number of hydrogen-bond donors (Lipinski definition) is 1. The van der Waals surface area contributed by atoms with Crippen LogP contribution in [0.2, 0.25) is 5.02 Å². The average Bonchev–Trinajstić information content (AvgIpc) is 3.08. The van der Waals surface area contributed by atoms with Gasteiger partial charge in [0.05, 0.1) is 23.0 Å². The third-order valence-corrected chi connectivity index (χ3v) is 5.14. The zero-order chi connectivity index (χ0) is 18.4. The largest absolute Gasteiger partial charge is 0.377 e. The van der Waals surface area contributed by atoms with Crippen molar-refractivity contribution in [3.63, 3.8) is 0 Å². The summed E-state index contributed by atoms with van der Waals surface area (Å²) in [5.74, 6) is 1.22. The normalized spacial score (nSPS) is 10.7.